The smallest absolute Gasteiger partial charge is 0.257 e. The van der Waals surface area contributed by atoms with E-state index >= 15 is 0 Å². The first kappa shape index (κ1) is 24.8. The third kappa shape index (κ3) is 7.59. The maximum atomic E-state index is 12.0. The van der Waals surface area contributed by atoms with Crippen LogP contribution in [0.15, 0.2) is 78.9 Å². The van der Waals surface area contributed by atoms with Crippen LogP contribution in [0.25, 0.3) is 11.0 Å². The molecule has 4 rings (SSSR count). The van der Waals surface area contributed by atoms with Gasteiger partial charge in [-0.3, -0.25) is 4.79 Å². The number of fused-ring (bicyclic) bond motifs is 1. The average Bonchev–Trinajstić information content (AvgIpc) is 3.24. The van der Waals surface area contributed by atoms with E-state index in [4.69, 9.17) is 21.3 Å². The number of amides is 1. The second kappa shape index (κ2) is 13.0. The Balaban J connectivity index is 1.19. The summed E-state index contributed by atoms with van der Waals surface area (Å²) in [6.45, 7) is 1.62. The maximum absolute atomic E-state index is 12.0. The third-order valence-electron chi connectivity index (χ3n) is 6.01. The van der Waals surface area contributed by atoms with E-state index in [1.54, 1.807) is 24.3 Å². The molecule has 3 aromatic carbocycles. The van der Waals surface area contributed by atoms with Gasteiger partial charge in [-0.05, 0) is 67.6 Å². The predicted octanol–water partition coefficient (Wildman–Crippen LogP) is 6.23. The molecule has 1 heterocycles. The highest BCUT2D eigenvalue weighted by molar-refractivity contribution is 6.30. The number of aryl methyl sites for hydroxylation is 3. The number of imidazole rings is 1. The van der Waals surface area contributed by atoms with Crippen molar-refractivity contribution in [1.29, 1.82) is 0 Å². The van der Waals surface area contributed by atoms with E-state index in [2.05, 4.69) is 58.4 Å². The van der Waals surface area contributed by atoms with Crippen LogP contribution in [0.4, 0.5) is 0 Å². The molecule has 1 aromatic heterocycles. The van der Waals surface area contributed by atoms with Crippen molar-refractivity contribution in [3.8, 4) is 5.75 Å². The maximum Gasteiger partial charge on any atom is 0.257 e. The third-order valence-corrected chi connectivity index (χ3v) is 6.26. The number of unbranched alkanes of at least 4 members (excludes halogenated alkanes) is 2. The Labute approximate surface area is 212 Å². The van der Waals surface area contributed by atoms with Gasteiger partial charge in [-0.1, -0.05) is 60.5 Å². The molecule has 0 fully saturated rings. The normalized spacial score (nSPS) is 11.0. The number of nitrogens with zero attached hydrogens (tertiary/aromatic N) is 2. The van der Waals surface area contributed by atoms with Crippen LogP contribution in [0.1, 0.15) is 37.1 Å². The Morgan fingerprint density at radius 1 is 0.857 bits per heavy atom. The summed E-state index contributed by atoms with van der Waals surface area (Å²) in [5.41, 5.74) is 3.65. The molecule has 35 heavy (non-hydrogen) atoms. The minimum atomic E-state index is -0.111. The van der Waals surface area contributed by atoms with Gasteiger partial charge >= 0.3 is 0 Å². The van der Waals surface area contributed by atoms with Gasteiger partial charge in [0.05, 0.1) is 11.0 Å². The molecule has 0 saturated heterocycles. The van der Waals surface area contributed by atoms with Crippen molar-refractivity contribution < 1.29 is 9.53 Å². The highest BCUT2D eigenvalue weighted by atomic mass is 35.5. The number of carbonyl (C=O) groups excluding carboxylic acids is 1. The molecular weight excluding hydrogens is 458 g/mol. The Bertz CT molecular complexity index is 1210. The zero-order valence-electron chi connectivity index (χ0n) is 20.0. The van der Waals surface area contributed by atoms with Crippen LogP contribution in [0.5, 0.6) is 5.75 Å². The van der Waals surface area contributed by atoms with Crippen LogP contribution >= 0.6 is 11.6 Å². The molecule has 5 nitrogen and oxygen atoms in total. The molecule has 0 spiro atoms. The Kier molecular flexibility index (Phi) is 9.18. The van der Waals surface area contributed by atoms with E-state index in [0.717, 1.165) is 56.4 Å². The molecule has 0 saturated carbocycles. The summed E-state index contributed by atoms with van der Waals surface area (Å²) in [5, 5.41) is 3.57. The van der Waals surface area contributed by atoms with Crippen molar-refractivity contribution in [3.63, 3.8) is 0 Å². The SMILES string of the molecule is O=C(COc1ccc(Cl)cc1)NCCCCCc1nc2ccccc2n1CCCc1ccccc1. The fraction of sp³-hybridized carbons (Fsp3) is 0.310. The molecule has 0 aliphatic carbocycles. The number of carbonyl (C=O) groups is 1. The molecule has 6 heteroatoms. The van der Waals surface area contributed by atoms with E-state index in [1.807, 2.05) is 6.07 Å². The monoisotopic (exact) mass is 489 g/mol. The Morgan fingerprint density at radius 2 is 1.63 bits per heavy atom. The van der Waals surface area contributed by atoms with Gasteiger partial charge in [-0.15, -0.1) is 0 Å². The summed E-state index contributed by atoms with van der Waals surface area (Å²) < 4.78 is 7.86. The summed E-state index contributed by atoms with van der Waals surface area (Å²) in [6.07, 6.45) is 6.09. The largest absolute Gasteiger partial charge is 0.484 e. The highest BCUT2D eigenvalue weighted by Crippen LogP contribution is 2.19. The molecule has 0 radical (unpaired) electrons. The number of rotatable bonds is 13. The van der Waals surface area contributed by atoms with Crippen molar-refractivity contribution >= 4 is 28.5 Å². The number of para-hydroxylation sites is 2. The first-order valence-electron chi connectivity index (χ1n) is 12.3. The first-order chi connectivity index (χ1) is 17.2. The molecular formula is C29H32ClN3O2. The van der Waals surface area contributed by atoms with Crippen LogP contribution in [-0.2, 0) is 24.2 Å². The summed E-state index contributed by atoms with van der Waals surface area (Å²) in [6, 6.07) is 26.0. The number of aromatic nitrogens is 2. The Morgan fingerprint density at radius 3 is 2.46 bits per heavy atom. The van der Waals surface area contributed by atoms with Crippen LogP contribution in [0, 0.1) is 0 Å². The number of hydrogen-bond donors (Lipinski definition) is 1. The van der Waals surface area contributed by atoms with Gasteiger partial charge in [0.25, 0.3) is 5.91 Å². The second-order valence-electron chi connectivity index (χ2n) is 8.66. The van der Waals surface area contributed by atoms with Gasteiger partial charge < -0.3 is 14.6 Å². The summed E-state index contributed by atoms with van der Waals surface area (Å²) in [4.78, 5) is 16.9. The van der Waals surface area contributed by atoms with Gasteiger partial charge in [0, 0.05) is 24.5 Å². The van der Waals surface area contributed by atoms with E-state index in [0.29, 0.717) is 17.3 Å². The lowest BCUT2D eigenvalue weighted by Crippen LogP contribution is -2.29. The van der Waals surface area contributed by atoms with Crippen LogP contribution in [-0.4, -0.2) is 28.6 Å². The van der Waals surface area contributed by atoms with E-state index in [9.17, 15) is 4.79 Å². The first-order valence-corrected chi connectivity index (χ1v) is 12.7. The van der Waals surface area contributed by atoms with Crippen molar-refractivity contribution in [2.24, 2.45) is 0 Å². The molecule has 182 valence electrons. The molecule has 4 aromatic rings. The van der Waals surface area contributed by atoms with Crippen molar-refractivity contribution in [1.82, 2.24) is 14.9 Å². The minimum Gasteiger partial charge on any atom is -0.484 e. The van der Waals surface area contributed by atoms with E-state index in [1.165, 1.54) is 11.1 Å². The molecule has 0 bridgehead atoms. The van der Waals surface area contributed by atoms with E-state index < -0.39 is 0 Å². The quantitative estimate of drug-likeness (QED) is 0.226. The number of nitrogens with one attached hydrogen (secondary N) is 1. The molecule has 1 N–H and O–H groups in total. The molecule has 1 amide bonds. The summed E-state index contributed by atoms with van der Waals surface area (Å²) in [7, 11) is 0. The van der Waals surface area contributed by atoms with Gasteiger partial charge in [-0.25, -0.2) is 4.98 Å². The van der Waals surface area contributed by atoms with Crippen LogP contribution < -0.4 is 10.1 Å². The predicted molar refractivity (Wildman–Crippen MR) is 142 cm³/mol. The molecule has 0 unspecified atom stereocenters. The van der Waals surface area contributed by atoms with Gasteiger partial charge in [0.1, 0.15) is 11.6 Å². The fourth-order valence-corrected chi connectivity index (χ4v) is 4.32. The summed E-state index contributed by atoms with van der Waals surface area (Å²) >= 11 is 5.86. The molecule has 0 atom stereocenters. The number of benzene rings is 3. The van der Waals surface area contributed by atoms with Gasteiger partial charge in [0.15, 0.2) is 6.61 Å². The minimum absolute atomic E-state index is 0.00857. The van der Waals surface area contributed by atoms with Gasteiger partial charge in [0.2, 0.25) is 0 Å². The lowest BCUT2D eigenvalue weighted by molar-refractivity contribution is -0.123. The second-order valence-corrected chi connectivity index (χ2v) is 9.10. The number of ether oxygens (including phenoxy) is 1. The zero-order valence-corrected chi connectivity index (χ0v) is 20.7. The molecule has 0 aliphatic rings. The fourth-order valence-electron chi connectivity index (χ4n) is 4.20. The highest BCUT2D eigenvalue weighted by Gasteiger charge is 2.10. The van der Waals surface area contributed by atoms with Crippen LogP contribution in [0.2, 0.25) is 5.02 Å². The van der Waals surface area contributed by atoms with Crippen molar-refractivity contribution in [2.75, 3.05) is 13.2 Å². The average molecular weight is 490 g/mol. The lowest BCUT2D eigenvalue weighted by Gasteiger charge is -2.10. The lowest BCUT2D eigenvalue weighted by atomic mass is 10.1. The Hall–Kier alpha value is -3.31. The van der Waals surface area contributed by atoms with E-state index in [-0.39, 0.29) is 12.5 Å². The number of halogens is 1. The molecule has 0 aliphatic heterocycles. The van der Waals surface area contributed by atoms with Crippen molar-refractivity contribution in [3.05, 3.63) is 95.3 Å². The van der Waals surface area contributed by atoms with Gasteiger partial charge in [-0.2, -0.15) is 0 Å². The van der Waals surface area contributed by atoms with Crippen LogP contribution in [0.3, 0.4) is 0 Å². The number of hydrogen-bond acceptors (Lipinski definition) is 3. The van der Waals surface area contributed by atoms with Crippen molar-refractivity contribution in [2.45, 2.75) is 45.1 Å². The summed E-state index contributed by atoms with van der Waals surface area (Å²) in [5.74, 6) is 1.68. The zero-order chi connectivity index (χ0) is 24.3. The standard InChI is InChI=1S/C29H32ClN3O2/c30-24-16-18-25(19-17-24)35-22-29(34)31-20-8-2-5-15-28-32-26-13-6-7-14-27(26)33(28)21-9-12-23-10-3-1-4-11-23/h1,3-4,6-7,10-11,13-14,16-19H,2,5,8-9,12,15,20-22H2,(H,31,34). The topological polar surface area (TPSA) is 56.1 Å².